The van der Waals surface area contributed by atoms with Gasteiger partial charge < -0.3 is 9.84 Å². The van der Waals surface area contributed by atoms with Crippen LogP contribution in [0.4, 0.5) is 10.1 Å². The van der Waals surface area contributed by atoms with Crippen LogP contribution >= 0.6 is 15.9 Å². The van der Waals surface area contributed by atoms with Gasteiger partial charge in [0.1, 0.15) is 17.3 Å². The Labute approximate surface area is 192 Å². The van der Waals surface area contributed by atoms with E-state index >= 15 is 0 Å². The zero-order valence-corrected chi connectivity index (χ0v) is 18.9. The molecule has 1 aliphatic heterocycles. The molecule has 162 valence electrons. The number of ketones is 1. The minimum absolute atomic E-state index is 0.0563. The summed E-state index contributed by atoms with van der Waals surface area (Å²) in [7, 11) is 1.53. The van der Waals surface area contributed by atoms with Gasteiger partial charge in [0.05, 0.1) is 18.7 Å². The summed E-state index contributed by atoms with van der Waals surface area (Å²) < 4.78 is 19.6. The van der Waals surface area contributed by atoms with Gasteiger partial charge in [-0.15, -0.1) is 0 Å². The maximum absolute atomic E-state index is 13.6. The number of hydrogen-bond donors (Lipinski definition) is 1. The third-order valence-corrected chi connectivity index (χ3v) is 6.30. The first-order chi connectivity index (χ1) is 15.3. The molecule has 1 fully saturated rings. The van der Waals surface area contributed by atoms with Gasteiger partial charge in [-0.25, -0.2) is 4.39 Å². The van der Waals surface area contributed by atoms with Gasteiger partial charge in [-0.05, 0) is 66.6 Å². The van der Waals surface area contributed by atoms with Gasteiger partial charge in [-0.3, -0.25) is 14.5 Å². The Hall–Kier alpha value is -3.45. The van der Waals surface area contributed by atoms with E-state index in [1.165, 1.54) is 36.3 Å². The number of nitrogens with zero attached hydrogens (tertiary/aromatic N) is 1. The van der Waals surface area contributed by atoms with Gasteiger partial charge in [-0.2, -0.15) is 0 Å². The van der Waals surface area contributed by atoms with Crippen molar-refractivity contribution < 1.29 is 23.8 Å². The number of benzene rings is 3. The number of aliphatic hydroxyl groups excluding tert-OH is 1. The molecule has 0 aromatic heterocycles. The molecule has 1 unspecified atom stereocenters. The topological polar surface area (TPSA) is 66.8 Å². The Kier molecular flexibility index (Phi) is 5.84. The highest BCUT2D eigenvalue weighted by Gasteiger charge is 2.47. The average molecular weight is 496 g/mol. The second kappa shape index (κ2) is 8.59. The van der Waals surface area contributed by atoms with Gasteiger partial charge in [0.2, 0.25) is 0 Å². The molecule has 0 spiro atoms. The molecule has 0 aliphatic carbocycles. The van der Waals surface area contributed by atoms with Crippen molar-refractivity contribution in [3.8, 4) is 5.75 Å². The van der Waals surface area contributed by atoms with Crippen LogP contribution in [0.15, 0.2) is 76.8 Å². The lowest BCUT2D eigenvalue weighted by Crippen LogP contribution is -2.29. The highest BCUT2D eigenvalue weighted by atomic mass is 79.9. The molecule has 4 rings (SSSR count). The molecule has 0 radical (unpaired) electrons. The van der Waals surface area contributed by atoms with Crippen LogP contribution in [-0.4, -0.2) is 23.9 Å². The van der Waals surface area contributed by atoms with E-state index in [0.29, 0.717) is 22.6 Å². The van der Waals surface area contributed by atoms with Crippen molar-refractivity contribution in [3.63, 3.8) is 0 Å². The SMILES string of the molecule is COc1ccc(N2C(=O)C(=O)/C(=C(\O)c3ccc(Br)c(C)c3)C2c2ccc(F)cc2)cc1. The Morgan fingerprint density at radius 3 is 2.28 bits per heavy atom. The minimum atomic E-state index is -0.923. The largest absolute Gasteiger partial charge is 0.507 e. The Balaban J connectivity index is 1.92. The molecule has 0 bridgehead atoms. The average Bonchev–Trinajstić information content (AvgIpc) is 3.06. The third kappa shape index (κ3) is 3.80. The summed E-state index contributed by atoms with van der Waals surface area (Å²) in [5.74, 6) is -1.73. The van der Waals surface area contributed by atoms with E-state index in [1.807, 2.05) is 6.92 Å². The summed E-state index contributed by atoms with van der Waals surface area (Å²) >= 11 is 3.42. The van der Waals surface area contributed by atoms with Crippen molar-refractivity contribution in [3.05, 3.63) is 99.3 Å². The van der Waals surface area contributed by atoms with E-state index in [9.17, 15) is 19.1 Å². The van der Waals surface area contributed by atoms with Crippen LogP contribution in [0.25, 0.3) is 5.76 Å². The van der Waals surface area contributed by atoms with E-state index in [1.54, 1.807) is 42.5 Å². The molecule has 5 nitrogen and oxygen atoms in total. The molecular formula is C25H19BrFNO4. The summed E-state index contributed by atoms with van der Waals surface area (Å²) in [4.78, 5) is 27.5. The molecule has 3 aromatic carbocycles. The van der Waals surface area contributed by atoms with E-state index in [2.05, 4.69) is 15.9 Å². The van der Waals surface area contributed by atoms with Crippen LogP contribution in [0.3, 0.4) is 0 Å². The van der Waals surface area contributed by atoms with Crippen molar-refractivity contribution >= 4 is 39.1 Å². The summed E-state index contributed by atoms with van der Waals surface area (Å²) in [5, 5.41) is 11.1. The first-order valence-electron chi connectivity index (χ1n) is 9.79. The van der Waals surface area contributed by atoms with Gasteiger partial charge >= 0.3 is 0 Å². The fourth-order valence-corrected chi connectivity index (χ4v) is 4.00. The highest BCUT2D eigenvalue weighted by Crippen LogP contribution is 2.42. The lowest BCUT2D eigenvalue weighted by atomic mass is 9.94. The molecule has 0 saturated carbocycles. The van der Waals surface area contributed by atoms with Crippen molar-refractivity contribution in [1.82, 2.24) is 0 Å². The number of amides is 1. The standard InChI is InChI=1S/C25H19BrFNO4/c1-14-13-16(5-12-20(14)26)23(29)21-22(15-3-6-17(27)7-4-15)28(25(31)24(21)30)18-8-10-19(32-2)11-9-18/h3-13,22,29H,1-2H3/b23-21-. The smallest absolute Gasteiger partial charge is 0.300 e. The number of methoxy groups -OCH3 is 1. The number of anilines is 1. The van der Waals surface area contributed by atoms with Crippen LogP contribution in [0.5, 0.6) is 5.75 Å². The molecule has 7 heteroatoms. The van der Waals surface area contributed by atoms with Crippen LogP contribution in [-0.2, 0) is 9.59 Å². The number of Topliss-reactive ketones (excluding diaryl/α,β-unsaturated/α-hetero) is 1. The first kappa shape index (κ1) is 21.8. The molecule has 32 heavy (non-hydrogen) atoms. The normalized spacial score (nSPS) is 17.6. The zero-order valence-electron chi connectivity index (χ0n) is 17.3. The third-order valence-electron chi connectivity index (χ3n) is 5.41. The number of carbonyl (C=O) groups is 2. The molecule has 1 aliphatic rings. The zero-order chi connectivity index (χ0) is 23.0. The molecule has 1 amide bonds. The van der Waals surface area contributed by atoms with Crippen molar-refractivity contribution in [1.29, 1.82) is 0 Å². The molecule has 1 N–H and O–H groups in total. The highest BCUT2D eigenvalue weighted by molar-refractivity contribution is 9.10. The predicted molar refractivity (Wildman–Crippen MR) is 123 cm³/mol. The fraction of sp³-hybridized carbons (Fsp3) is 0.120. The maximum Gasteiger partial charge on any atom is 0.300 e. The van der Waals surface area contributed by atoms with Gasteiger partial charge in [0.25, 0.3) is 11.7 Å². The Morgan fingerprint density at radius 2 is 1.69 bits per heavy atom. The van der Waals surface area contributed by atoms with E-state index in [0.717, 1.165) is 10.0 Å². The van der Waals surface area contributed by atoms with Crippen molar-refractivity contribution in [2.24, 2.45) is 0 Å². The minimum Gasteiger partial charge on any atom is -0.507 e. The fourth-order valence-electron chi connectivity index (χ4n) is 3.75. The lowest BCUT2D eigenvalue weighted by Gasteiger charge is -2.25. The van der Waals surface area contributed by atoms with Gasteiger partial charge in [0.15, 0.2) is 0 Å². The van der Waals surface area contributed by atoms with Crippen LogP contribution in [0.2, 0.25) is 0 Å². The number of halogens is 2. The summed E-state index contributed by atoms with van der Waals surface area (Å²) in [6.45, 7) is 1.86. The second-order valence-electron chi connectivity index (χ2n) is 7.38. The number of carbonyl (C=O) groups excluding carboxylic acids is 2. The van der Waals surface area contributed by atoms with Crippen molar-refractivity contribution in [2.75, 3.05) is 12.0 Å². The molecule has 1 atom stereocenters. The quantitative estimate of drug-likeness (QED) is 0.293. The number of aliphatic hydroxyl groups is 1. The van der Waals surface area contributed by atoms with E-state index in [4.69, 9.17) is 4.74 Å². The maximum atomic E-state index is 13.6. The molecular weight excluding hydrogens is 477 g/mol. The van der Waals surface area contributed by atoms with E-state index in [-0.39, 0.29) is 11.3 Å². The number of rotatable bonds is 4. The number of aryl methyl sites for hydroxylation is 1. The first-order valence-corrected chi connectivity index (χ1v) is 10.6. The predicted octanol–water partition coefficient (Wildman–Crippen LogP) is 5.53. The van der Waals surface area contributed by atoms with Crippen LogP contribution in [0, 0.1) is 12.7 Å². The molecule has 1 saturated heterocycles. The lowest BCUT2D eigenvalue weighted by molar-refractivity contribution is -0.132. The van der Waals surface area contributed by atoms with Crippen LogP contribution in [0.1, 0.15) is 22.7 Å². The Bertz CT molecular complexity index is 1240. The van der Waals surface area contributed by atoms with E-state index < -0.39 is 23.5 Å². The number of ether oxygens (including phenoxy) is 1. The number of hydrogen-bond acceptors (Lipinski definition) is 4. The Morgan fingerprint density at radius 1 is 1.03 bits per heavy atom. The monoisotopic (exact) mass is 495 g/mol. The van der Waals surface area contributed by atoms with Crippen molar-refractivity contribution in [2.45, 2.75) is 13.0 Å². The summed E-state index contributed by atoms with van der Waals surface area (Å²) in [6, 6.07) is 16.4. The summed E-state index contributed by atoms with van der Waals surface area (Å²) in [5.41, 5.74) is 2.16. The van der Waals surface area contributed by atoms with Gasteiger partial charge in [0, 0.05) is 15.7 Å². The van der Waals surface area contributed by atoms with Crippen LogP contribution < -0.4 is 9.64 Å². The van der Waals surface area contributed by atoms with Gasteiger partial charge in [-0.1, -0.05) is 34.1 Å². The second-order valence-corrected chi connectivity index (χ2v) is 8.24. The summed E-state index contributed by atoms with van der Waals surface area (Å²) in [6.07, 6.45) is 0. The molecule has 3 aromatic rings. The molecule has 1 heterocycles.